The minimum absolute atomic E-state index is 0.0641. The van der Waals surface area contributed by atoms with Crippen molar-refractivity contribution in [3.8, 4) is 0 Å². The Bertz CT molecular complexity index is 516. The Morgan fingerprint density at radius 1 is 1.45 bits per heavy atom. The molecule has 1 aromatic rings. The summed E-state index contributed by atoms with van der Waals surface area (Å²) in [5.74, 6) is -1.66. The number of ether oxygens (including phenoxy) is 1. The molecule has 0 aliphatic rings. The molecule has 0 saturated carbocycles. The Labute approximate surface area is 114 Å². The van der Waals surface area contributed by atoms with Crippen LogP contribution in [0.2, 0.25) is 0 Å². The van der Waals surface area contributed by atoms with Crippen LogP contribution in [0.3, 0.4) is 0 Å². The van der Waals surface area contributed by atoms with Gasteiger partial charge in [0.05, 0.1) is 11.0 Å². The average Bonchev–Trinajstić information content (AvgIpc) is 2.38. The maximum Gasteiger partial charge on any atom is 0.329 e. The SMILES string of the molecule is CC(NC(=O)COCC(=O)O)c1cccc([N+](=O)[O-])c1. The monoisotopic (exact) mass is 282 g/mol. The maximum atomic E-state index is 11.5. The minimum Gasteiger partial charge on any atom is -0.480 e. The van der Waals surface area contributed by atoms with Crippen LogP contribution in [0.15, 0.2) is 24.3 Å². The van der Waals surface area contributed by atoms with Gasteiger partial charge >= 0.3 is 5.97 Å². The van der Waals surface area contributed by atoms with Crippen molar-refractivity contribution >= 4 is 17.6 Å². The lowest BCUT2D eigenvalue weighted by Gasteiger charge is -2.14. The highest BCUT2D eigenvalue weighted by Crippen LogP contribution is 2.18. The first-order valence-electron chi connectivity index (χ1n) is 5.73. The third kappa shape index (κ3) is 5.02. The van der Waals surface area contributed by atoms with Crippen LogP contribution >= 0.6 is 0 Å². The fourth-order valence-corrected chi connectivity index (χ4v) is 1.51. The number of carbonyl (C=O) groups is 2. The second-order valence-corrected chi connectivity index (χ2v) is 4.03. The van der Waals surface area contributed by atoms with Crippen molar-refractivity contribution in [1.82, 2.24) is 5.32 Å². The number of non-ortho nitro benzene ring substituents is 1. The molecular formula is C12H14N2O6. The van der Waals surface area contributed by atoms with Gasteiger partial charge < -0.3 is 15.2 Å². The van der Waals surface area contributed by atoms with Gasteiger partial charge in [0.1, 0.15) is 13.2 Å². The highest BCUT2D eigenvalue weighted by Gasteiger charge is 2.13. The van der Waals surface area contributed by atoms with E-state index in [1.165, 1.54) is 18.2 Å². The first kappa shape index (κ1) is 15.6. The lowest BCUT2D eigenvalue weighted by molar-refractivity contribution is -0.384. The Morgan fingerprint density at radius 2 is 2.15 bits per heavy atom. The predicted octanol–water partition coefficient (Wildman–Crippen LogP) is 0.873. The van der Waals surface area contributed by atoms with Gasteiger partial charge in [0.25, 0.3) is 5.69 Å². The van der Waals surface area contributed by atoms with Crippen LogP contribution in [0, 0.1) is 10.1 Å². The van der Waals surface area contributed by atoms with Gasteiger partial charge in [-0.3, -0.25) is 14.9 Å². The Morgan fingerprint density at radius 3 is 2.75 bits per heavy atom. The molecule has 1 atom stereocenters. The summed E-state index contributed by atoms with van der Waals surface area (Å²) in [6, 6.07) is 5.44. The number of rotatable bonds is 7. The van der Waals surface area contributed by atoms with E-state index >= 15 is 0 Å². The number of amides is 1. The zero-order valence-electron chi connectivity index (χ0n) is 10.7. The molecule has 0 radical (unpaired) electrons. The highest BCUT2D eigenvalue weighted by molar-refractivity contribution is 5.78. The second kappa shape index (κ2) is 7.19. The van der Waals surface area contributed by atoms with Crippen molar-refractivity contribution in [2.45, 2.75) is 13.0 Å². The van der Waals surface area contributed by atoms with Crippen molar-refractivity contribution in [3.05, 3.63) is 39.9 Å². The number of benzene rings is 1. The van der Waals surface area contributed by atoms with Crippen LogP contribution in [-0.4, -0.2) is 35.1 Å². The lowest BCUT2D eigenvalue weighted by atomic mass is 10.1. The van der Waals surface area contributed by atoms with Gasteiger partial charge in [-0.05, 0) is 12.5 Å². The molecule has 1 rings (SSSR count). The molecule has 2 N–H and O–H groups in total. The molecule has 108 valence electrons. The molecule has 0 saturated heterocycles. The van der Waals surface area contributed by atoms with Crippen molar-refractivity contribution in [3.63, 3.8) is 0 Å². The number of nitro benzene ring substituents is 1. The Kier molecular flexibility index (Phi) is 5.60. The summed E-state index contributed by atoms with van der Waals surface area (Å²) in [6.45, 7) is 0.721. The van der Waals surface area contributed by atoms with E-state index < -0.39 is 29.4 Å². The molecule has 0 aliphatic heterocycles. The third-order valence-corrected chi connectivity index (χ3v) is 2.42. The van der Waals surface area contributed by atoms with E-state index in [-0.39, 0.29) is 12.3 Å². The quantitative estimate of drug-likeness (QED) is 0.565. The summed E-state index contributed by atoms with van der Waals surface area (Å²) in [6.07, 6.45) is 0. The van der Waals surface area contributed by atoms with Crippen LogP contribution in [0.4, 0.5) is 5.69 Å². The van der Waals surface area contributed by atoms with E-state index in [0.29, 0.717) is 5.56 Å². The van der Waals surface area contributed by atoms with Crippen LogP contribution < -0.4 is 5.32 Å². The largest absolute Gasteiger partial charge is 0.480 e. The van der Waals surface area contributed by atoms with E-state index in [9.17, 15) is 19.7 Å². The summed E-state index contributed by atoms with van der Waals surface area (Å²) < 4.78 is 4.64. The number of hydrogen-bond donors (Lipinski definition) is 2. The van der Waals surface area contributed by atoms with Crippen molar-refractivity contribution in [1.29, 1.82) is 0 Å². The maximum absolute atomic E-state index is 11.5. The molecule has 8 heteroatoms. The Balaban J connectivity index is 2.55. The van der Waals surface area contributed by atoms with Crippen molar-refractivity contribution in [2.75, 3.05) is 13.2 Å². The number of nitro groups is 1. The van der Waals surface area contributed by atoms with Gasteiger partial charge in [0.2, 0.25) is 5.91 Å². The molecule has 0 aromatic heterocycles. The Hall–Kier alpha value is -2.48. The van der Waals surface area contributed by atoms with Crippen LogP contribution in [0.25, 0.3) is 0 Å². The number of aliphatic carboxylic acids is 1. The molecule has 1 amide bonds. The second-order valence-electron chi connectivity index (χ2n) is 4.03. The van der Waals surface area contributed by atoms with Crippen LogP contribution in [0.1, 0.15) is 18.5 Å². The molecule has 0 fully saturated rings. The van der Waals surface area contributed by atoms with Gasteiger partial charge in [-0.1, -0.05) is 12.1 Å². The molecule has 1 aromatic carbocycles. The molecule has 20 heavy (non-hydrogen) atoms. The van der Waals surface area contributed by atoms with E-state index in [4.69, 9.17) is 5.11 Å². The van der Waals surface area contributed by atoms with Gasteiger partial charge in [-0.15, -0.1) is 0 Å². The fraction of sp³-hybridized carbons (Fsp3) is 0.333. The first-order chi connectivity index (χ1) is 9.40. The van der Waals surface area contributed by atoms with Crippen molar-refractivity contribution < 1.29 is 24.4 Å². The van der Waals surface area contributed by atoms with Crippen LogP contribution in [0.5, 0.6) is 0 Å². The minimum atomic E-state index is -1.16. The highest BCUT2D eigenvalue weighted by atomic mass is 16.6. The summed E-state index contributed by atoms with van der Waals surface area (Å²) >= 11 is 0. The smallest absolute Gasteiger partial charge is 0.329 e. The summed E-state index contributed by atoms with van der Waals surface area (Å²) in [4.78, 5) is 31.8. The van der Waals surface area contributed by atoms with E-state index in [2.05, 4.69) is 10.1 Å². The van der Waals surface area contributed by atoms with Gasteiger partial charge in [0.15, 0.2) is 0 Å². The number of hydrogen-bond acceptors (Lipinski definition) is 5. The zero-order valence-corrected chi connectivity index (χ0v) is 10.7. The molecule has 0 bridgehead atoms. The van der Waals surface area contributed by atoms with Crippen LogP contribution in [-0.2, 0) is 14.3 Å². The zero-order chi connectivity index (χ0) is 15.1. The summed E-state index contributed by atoms with van der Waals surface area (Å²) in [7, 11) is 0. The number of nitrogens with zero attached hydrogens (tertiary/aromatic N) is 1. The molecule has 8 nitrogen and oxygen atoms in total. The number of carboxylic acid groups (broad SMARTS) is 1. The molecule has 0 aliphatic carbocycles. The summed E-state index contributed by atoms with van der Waals surface area (Å²) in [5, 5.41) is 21.6. The molecular weight excluding hydrogens is 268 g/mol. The van der Waals surface area contributed by atoms with Gasteiger partial charge in [-0.2, -0.15) is 0 Å². The number of nitrogens with one attached hydrogen (secondary N) is 1. The van der Waals surface area contributed by atoms with Crippen molar-refractivity contribution in [2.24, 2.45) is 0 Å². The normalized spacial score (nSPS) is 11.7. The predicted molar refractivity (Wildman–Crippen MR) is 68.1 cm³/mol. The third-order valence-electron chi connectivity index (χ3n) is 2.42. The topological polar surface area (TPSA) is 119 Å². The van der Waals surface area contributed by atoms with E-state index in [1.807, 2.05) is 0 Å². The number of carbonyl (C=O) groups excluding carboxylic acids is 1. The van der Waals surface area contributed by atoms with Gasteiger partial charge in [0, 0.05) is 12.1 Å². The van der Waals surface area contributed by atoms with E-state index in [0.717, 1.165) is 0 Å². The standard InChI is InChI=1S/C12H14N2O6/c1-8(13-11(15)6-20-7-12(16)17)9-3-2-4-10(5-9)14(18)19/h2-5,8H,6-7H2,1H3,(H,13,15)(H,16,17). The fourth-order valence-electron chi connectivity index (χ4n) is 1.51. The molecule has 0 heterocycles. The average molecular weight is 282 g/mol. The molecule has 0 spiro atoms. The first-order valence-corrected chi connectivity index (χ1v) is 5.73. The molecule has 1 unspecified atom stereocenters. The van der Waals surface area contributed by atoms with Gasteiger partial charge in [-0.25, -0.2) is 4.79 Å². The lowest BCUT2D eigenvalue weighted by Crippen LogP contribution is -2.30. The summed E-state index contributed by atoms with van der Waals surface area (Å²) in [5.41, 5.74) is 0.511. The number of carboxylic acids is 1. The van der Waals surface area contributed by atoms with E-state index in [1.54, 1.807) is 13.0 Å².